The Bertz CT molecular complexity index is 537. The molecule has 5 rings (SSSR count). The maximum absolute atomic E-state index is 13.1. The van der Waals surface area contributed by atoms with E-state index < -0.39 is 11.4 Å². The summed E-state index contributed by atoms with van der Waals surface area (Å²) in [6.45, 7) is 11.4. The summed E-state index contributed by atoms with van der Waals surface area (Å²) in [5.74, 6) is 0.971. The van der Waals surface area contributed by atoms with Gasteiger partial charge in [-0.1, -0.05) is 27.7 Å². The molecule has 0 aromatic rings. The van der Waals surface area contributed by atoms with Crippen LogP contribution in [0, 0.1) is 29.6 Å². The van der Waals surface area contributed by atoms with Crippen LogP contribution in [0.1, 0.15) is 60.3 Å². The molecule has 0 aromatic heterocycles. The Kier molecular flexibility index (Phi) is 3.79. The van der Waals surface area contributed by atoms with Crippen LogP contribution in [0.5, 0.6) is 0 Å². The molecule has 4 aliphatic heterocycles. The standard InChI is InChI=1S/C19H31NO4/c1-11(2)10-20-16(21)13(4)15-7-6-12(3)14-8-9-18(5)22-17(20)19(14,15)24-23-18/h11-15,17H,6-10H2,1-5H3/t12-,13-,14+,15+,17-,18-,19-/m1/s1. The zero-order chi connectivity index (χ0) is 17.3. The number of hydrogen-bond donors (Lipinski definition) is 0. The zero-order valence-electron chi connectivity index (χ0n) is 15.6. The minimum Gasteiger partial charge on any atom is -0.321 e. The van der Waals surface area contributed by atoms with Crippen LogP contribution >= 0.6 is 0 Å². The second-order valence-corrected chi connectivity index (χ2v) is 9.10. The van der Waals surface area contributed by atoms with Crippen LogP contribution in [-0.2, 0) is 19.3 Å². The molecule has 4 saturated heterocycles. The summed E-state index contributed by atoms with van der Waals surface area (Å²) in [7, 11) is 0. The number of hydrogen-bond acceptors (Lipinski definition) is 4. The van der Waals surface area contributed by atoms with Crippen molar-refractivity contribution in [3.8, 4) is 0 Å². The van der Waals surface area contributed by atoms with Crippen LogP contribution in [-0.4, -0.2) is 35.0 Å². The minimum atomic E-state index is -0.742. The number of ether oxygens (including phenoxy) is 1. The largest absolute Gasteiger partial charge is 0.321 e. The predicted molar refractivity (Wildman–Crippen MR) is 88.5 cm³/mol. The summed E-state index contributed by atoms with van der Waals surface area (Å²) in [6.07, 6.45) is 3.72. The lowest BCUT2D eigenvalue weighted by atomic mass is 9.57. The number of nitrogens with zero attached hydrogens (tertiary/aromatic N) is 1. The van der Waals surface area contributed by atoms with Gasteiger partial charge >= 0.3 is 0 Å². The fourth-order valence-electron chi connectivity index (χ4n) is 5.73. The lowest BCUT2D eigenvalue weighted by Gasteiger charge is -2.62. The highest BCUT2D eigenvalue weighted by atomic mass is 17.3. The number of amides is 1. The molecule has 0 aromatic carbocycles. The fourth-order valence-corrected chi connectivity index (χ4v) is 5.73. The van der Waals surface area contributed by atoms with Gasteiger partial charge < -0.3 is 9.64 Å². The Hall–Kier alpha value is -0.650. The number of piperidine rings is 1. The van der Waals surface area contributed by atoms with Gasteiger partial charge in [-0.05, 0) is 43.9 Å². The van der Waals surface area contributed by atoms with Gasteiger partial charge in [-0.3, -0.25) is 4.79 Å². The molecule has 0 unspecified atom stereocenters. The first kappa shape index (κ1) is 16.8. The van der Waals surface area contributed by atoms with E-state index in [-0.39, 0.29) is 24.0 Å². The molecule has 2 bridgehead atoms. The number of rotatable bonds is 2. The van der Waals surface area contributed by atoms with E-state index in [0.717, 1.165) is 25.7 Å². The number of fused-ring (bicyclic) bond motifs is 2. The fraction of sp³-hybridized carbons (Fsp3) is 0.947. The van der Waals surface area contributed by atoms with Gasteiger partial charge in [0.05, 0.1) is 0 Å². The van der Waals surface area contributed by atoms with Crippen LogP contribution in [0.15, 0.2) is 0 Å². The van der Waals surface area contributed by atoms with Crippen LogP contribution in [0.25, 0.3) is 0 Å². The maximum atomic E-state index is 13.1. The summed E-state index contributed by atoms with van der Waals surface area (Å²) < 4.78 is 6.47. The van der Waals surface area contributed by atoms with E-state index in [2.05, 4.69) is 27.7 Å². The van der Waals surface area contributed by atoms with Gasteiger partial charge in [0.2, 0.25) is 11.7 Å². The number of carbonyl (C=O) groups excluding carboxylic acids is 1. The number of likely N-dealkylation sites (tertiary alicyclic amines) is 1. The molecule has 5 fully saturated rings. The molecule has 5 aliphatic rings. The Morgan fingerprint density at radius 3 is 2.62 bits per heavy atom. The van der Waals surface area contributed by atoms with Crippen molar-refractivity contribution in [2.45, 2.75) is 77.9 Å². The first-order chi connectivity index (χ1) is 11.3. The molecule has 1 aliphatic carbocycles. The molecule has 136 valence electrons. The molecule has 1 amide bonds. The summed E-state index contributed by atoms with van der Waals surface area (Å²) in [4.78, 5) is 27.2. The lowest BCUT2D eigenvalue weighted by Crippen LogP contribution is -2.75. The third-order valence-electron chi connectivity index (χ3n) is 6.92. The molecule has 1 spiro atoms. The van der Waals surface area contributed by atoms with Crippen molar-refractivity contribution in [3.05, 3.63) is 0 Å². The van der Waals surface area contributed by atoms with Crippen LogP contribution in [0.2, 0.25) is 0 Å². The highest BCUT2D eigenvalue weighted by Gasteiger charge is 2.70. The van der Waals surface area contributed by atoms with Crippen molar-refractivity contribution in [1.82, 2.24) is 4.90 Å². The summed E-state index contributed by atoms with van der Waals surface area (Å²) >= 11 is 0. The Morgan fingerprint density at radius 2 is 1.92 bits per heavy atom. The van der Waals surface area contributed by atoms with Gasteiger partial charge in [0.25, 0.3) is 0 Å². The molecule has 1 saturated carbocycles. The highest BCUT2D eigenvalue weighted by Crippen LogP contribution is 2.60. The van der Waals surface area contributed by atoms with Gasteiger partial charge in [0, 0.05) is 24.8 Å². The van der Waals surface area contributed by atoms with Gasteiger partial charge in [-0.25, -0.2) is 9.78 Å². The minimum absolute atomic E-state index is 0.0374. The van der Waals surface area contributed by atoms with E-state index in [1.165, 1.54) is 0 Å². The van der Waals surface area contributed by atoms with Crippen molar-refractivity contribution in [2.24, 2.45) is 29.6 Å². The monoisotopic (exact) mass is 337 g/mol. The first-order valence-electron chi connectivity index (χ1n) is 9.63. The molecule has 0 N–H and O–H groups in total. The molecule has 7 atom stereocenters. The molecule has 0 radical (unpaired) electrons. The van der Waals surface area contributed by atoms with Crippen LogP contribution < -0.4 is 0 Å². The average molecular weight is 337 g/mol. The third-order valence-corrected chi connectivity index (χ3v) is 6.92. The predicted octanol–water partition coefficient (Wildman–Crippen LogP) is 3.34. The Labute approximate surface area is 144 Å². The van der Waals surface area contributed by atoms with E-state index in [0.29, 0.717) is 24.3 Å². The van der Waals surface area contributed by atoms with E-state index in [4.69, 9.17) is 14.5 Å². The summed E-state index contributed by atoms with van der Waals surface area (Å²) in [5, 5.41) is 0. The Balaban J connectivity index is 1.83. The zero-order valence-corrected chi connectivity index (χ0v) is 15.6. The van der Waals surface area contributed by atoms with E-state index in [1.54, 1.807) is 0 Å². The second-order valence-electron chi connectivity index (χ2n) is 9.10. The highest BCUT2D eigenvalue weighted by molar-refractivity contribution is 5.80. The van der Waals surface area contributed by atoms with Crippen molar-refractivity contribution >= 4 is 5.91 Å². The van der Waals surface area contributed by atoms with Gasteiger partial charge in [0.15, 0.2) is 11.8 Å². The van der Waals surface area contributed by atoms with Crippen molar-refractivity contribution in [1.29, 1.82) is 0 Å². The van der Waals surface area contributed by atoms with Gasteiger partial charge in [-0.2, -0.15) is 0 Å². The summed E-state index contributed by atoms with van der Waals surface area (Å²) in [5.41, 5.74) is -0.504. The number of carbonyl (C=O) groups is 1. The lowest BCUT2D eigenvalue weighted by molar-refractivity contribution is -0.548. The normalized spacial score (nSPS) is 50.8. The van der Waals surface area contributed by atoms with Crippen molar-refractivity contribution < 1.29 is 19.3 Å². The smallest absolute Gasteiger partial charge is 0.227 e. The van der Waals surface area contributed by atoms with E-state index >= 15 is 0 Å². The maximum Gasteiger partial charge on any atom is 0.227 e. The molecular formula is C19H31NO4. The van der Waals surface area contributed by atoms with Crippen molar-refractivity contribution in [2.75, 3.05) is 6.54 Å². The summed E-state index contributed by atoms with van der Waals surface area (Å²) in [6, 6.07) is 0. The van der Waals surface area contributed by atoms with E-state index in [9.17, 15) is 4.79 Å². The van der Waals surface area contributed by atoms with Crippen molar-refractivity contribution in [3.63, 3.8) is 0 Å². The quantitative estimate of drug-likeness (QED) is 0.725. The molecule has 5 nitrogen and oxygen atoms in total. The van der Waals surface area contributed by atoms with E-state index in [1.807, 2.05) is 11.8 Å². The Morgan fingerprint density at radius 1 is 1.17 bits per heavy atom. The van der Waals surface area contributed by atoms with Crippen LogP contribution in [0.3, 0.4) is 0 Å². The molecular weight excluding hydrogens is 306 g/mol. The van der Waals surface area contributed by atoms with Crippen LogP contribution in [0.4, 0.5) is 0 Å². The van der Waals surface area contributed by atoms with Gasteiger partial charge in [-0.15, -0.1) is 0 Å². The third kappa shape index (κ3) is 2.14. The van der Waals surface area contributed by atoms with Gasteiger partial charge in [0.1, 0.15) is 0 Å². The average Bonchev–Trinajstić information content (AvgIpc) is 2.76. The molecule has 24 heavy (non-hydrogen) atoms. The SMILES string of the molecule is CC(C)CN1C(=O)[C@H](C)[C@@H]2CC[C@@H](C)[C@@H]3CC[C@@]4(C)OO[C@]32[C@H]1O4. The molecule has 4 heterocycles. The molecule has 5 heteroatoms. The first-order valence-corrected chi connectivity index (χ1v) is 9.63. The topological polar surface area (TPSA) is 48.0 Å². The second kappa shape index (κ2) is 5.42.